The summed E-state index contributed by atoms with van der Waals surface area (Å²) >= 11 is 0. The van der Waals surface area contributed by atoms with Gasteiger partial charge < -0.3 is 32.0 Å². The van der Waals surface area contributed by atoms with Crippen molar-refractivity contribution in [1.82, 2.24) is 20.3 Å². The third kappa shape index (κ3) is 5.68. The van der Waals surface area contributed by atoms with Crippen LogP contribution >= 0.6 is 0 Å². The standard InChI is InChI=1S/C23H26N6O5/c1-2-15-14(18-19(24)28-23(25)29-20(18)26-15)5-3-4-12-6-8-13(9-7-12)21(32)27-16(22(33)34)10-11-17(30)31/h2,6-9,16H,1,3-5,10-11H2,(H,27,32)(H,30,31)(H,33,34)(H5,24,25,26,28,29)/t16-/m0/s1. The van der Waals surface area contributed by atoms with E-state index in [4.69, 9.17) is 16.6 Å². The fraction of sp³-hybridized carbons (Fsp3) is 0.261. The maximum absolute atomic E-state index is 12.4. The lowest BCUT2D eigenvalue weighted by molar-refractivity contribution is -0.140. The fourth-order valence-electron chi connectivity index (χ4n) is 3.71. The Balaban J connectivity index is 1.62. The molecule has 3 rings (SSSR count). The van der Waals surface area contributed by atoms with Crippen LogP contribution in [0.1, 0.15) is 46.4 Å². The highest BCUT2D eigenvalue weighted by atomic mass is 16.4. The Morgan fingerprint density at radius 3 is 2.44 bits per heavy atom. The van der Waals surface area contributed by atoms with E-state index in [0.717, 1.165) is 35.0 Å². The molecule has 8 N–H and O–H groups in total. The number of nitrogens with zero attached hydrogens (tertiary/aromatic N) is 2. The van der Waals surface area contributed by atoms with Crippen LogP contribution in [0.25, 0.3) is 17.1 Å². The largest absolute Gasteiger partial charge is 0.481 e. The summed E-state index contributed by atoms with van der Waals surface area (Å²) in [5.41, 5.74) is 15.3. The van der Waals surface area contributed by atoms with Gasteiger partial charge in [0.2, 0.25) is 5.95 Å². The van der Waals surface area contributed by atoms with Gasteiger partial charge in [-0.1, -0.05) is 18.7 Å². The normalized spacial score (nSPS) is 11.8. The zero-order valence-electron chi connectivity index (χ0n) is 18.4. The van der Waals surface area contributed by atoms with E-state index in [1.165, 1.54) is 0 Å². The van der Waals surface area contributed by atoms with Gasteiger partial charge in [-0.15, -0.1) is 0 Å². The van der Waals surface area contributed by atoms with Crippen LogP contribution < -0.4 is 16.8 Å². The van der Waals surface area contributed by atoms with Crippen LogP contribution in [0.3, 0.4) is 0 Å². The SMILES string of the molecule is C=Cc1[nH]c2nc(N)nc(N)c2c1CCCc1ccc(C(=O)N[C@@H](CCC(=O)O)C(=O)O)cc1. The molecule has 0 unspecified atom stereocenters. The quantitative estimate of drug-likeness (QED) is 0.245. The van der Waals surface area contributed by atoms with Gasteiger partial charge in [0.25, 0.3) is 5.91 Å². The summed E-state index contributed by atoms with van der Waals surface area (Å²) in [6.07, 6.45) is 3.32. The second kappa shape index (κ2) is 10.5. The van der Waals surface area contributed by atoms with Gasteiger partial charge in [0.05, 0.1) is 5.39 Å². The van der Waals surface area contributed by atoms with Gasteiger partial charge in [0.15, 0.2) is 0 Å². The lowest BCUT2D eigenvalue weighted by Gasteiger charge is -2.13. The van der Waals surface area contributed by atoms with Crippen molar-refractivity contribution >= 4 is 46.7 Å². The number of aromatic nitrogens is 3. The van der Waals surface area contributed by atoms with Crippen molar-refractivity contribution in [2.24, 2.45) is 0 Å². The van der Waals surface area contributed by atoms with Crippen molar-refractivity contribution < 1.29 is 24.6 Å². The molecule has 0 fully saturated rings. The average Bonchev–Trinajstić information content (AvgIpc) is 3.14. The Morgan fingerprint density at radius 2 is 1.82 bits per heavy atom. The minimum absolute atomic E-state index is 0.0918. The summed E-state index contributed by atoms with van der Waals surface area (Å²) in [5, 5.41) is 21.0. The predicted molar refractivity (Wildman–Crippen MR) is 127 cm³/mol. The predicted octanol–water partition coefficient (Wildman–Crippen LogP) is 1.99. The molecule has 178 valence electrons. The maximum atomic E-state index is 12.4. The number of nitrogens with one attached hydrogen (secondary N) is 2. The number of nitrogens with two attached hydrogens (primary N) is 2. The van der Waals surface area contributed by atoms with E-state index in [1.54, 1.807) is 30.3 Å². The molecule has 11 heteroatoms. The summed E-state index contributed by atoms with van der Waals surface area (Å²) < 4.78 is 0. The lowest BCUT2D eigenvalue weighted by Crippen LogP contribution is -2.41. The van der Waals surface area contributed by atoms with Crippen LogP contribution in [0.4, 0.5) is 11.8 Å². The number of hydrogen-bond acceptors (Lipinski definition) is 7. The summed E-state index contributed by atoms with van der Waals surface area (Å²) in [7, 11) is 0. The second-order valence-electron chi connectivity index (χ2n) is 7.76. The van der Waals surface area contributed by atoms with Crippen molar-refractivity contribution in [2.75, 3.05) is 11.5 Å². The first kappa shape index (κ1) is 24.2. The lowest BCUT2D eigenvalue weighted by atomic mass is 10.0. The zero-order valence-corrected chi connectivity index (χ0v) is 18.4. The van der Waals surface area contributed by atoms with Crippen LogP contribution in [0.5, 0.6) is 0 Å². The van der Waals surface area contributed by atoms with Gasteiger partial charge in [-0.05, 0) is 55.0 Å². The first-order chi connectivity index (χ1) is 16.2. The minimum Gasteiger partial charge on any atom is -0.481 e. The van der Waals surface area contributed by atoms with E-state index in [-0.39, 0.29) is 18.8 Å². The van der Waals surface area contributed by atoms with Crippen molar-refractivity contribution in [3.8, 4) is 0 Å². The summed E-state index contributed by atoms with van der Waals surface area (Å²) in [5.74, 6) is -2.59. The molecule has 0 saturated heterocycles. The molecule has 0 aliphatic rings. The van der Waals surface area contributed by atoms with Gasteiger partial charge in [0.1, 0.15) is 17.5 Å². The molecule has 1 amide bonds. The molecule has 0 aliphatic heterocycles. The van der Waals surface area contributed by atoms with Gasteiger partial charge in [-0.25, -0.2) is 4.79 Å². The third-order valence-electron chi connectivity index (χ3n) is 5.40. The highest BCUT2D eigenvalue weighted by molar-refractivity contribution is 5.96. The number of aryl methyl sites for hydroxylation is 2. The molecule has 0 radical (unpaired) electrons. The van der Waals surface area contributed by atoms with Crippen molar-refractivity contribution in [3.63, 3.8) is 0 Å². The first-order valence-electron chi connectivity index (χ1n) is 10.6. The number of carbonyl (C=O) groups excluding carboxylic acids is 1. The van der Waals surface area contributed by atoms with Crippen LogP contribution in [-0.4, -0.2) is 49.1 Å². The molecule has 0 spiro atoms. The van der Waals surface area contributed by atoms with Crippen molar-refractivity contribution in [2.45, 2.75) is 38.1 Å². The molecular weight excluding hydrogens is 440 g/mol. The van der Waals surface area contributed by atoms with Gasteiger partial charge in [-0.2, -0.15) is 9.97 Å². The smallest absolute Gasteiger partial charge is 0.326 e. The number of aliphatic carboxylic acids is 2. The van der Waals surface area contributed by atoms with E-state index in [9.17, 15) is 19.5 Å². The van der Waals surface area contributed by atoms with E-state index in [2.05, 4.69) is 26.8 Å². The van der Waals surface area contributed by atoms with Crippen LogP contribution in [0, 0.1) is 0 Å². The van der Waals surface area contributed by atoms with E-state index < -0.39 is 23.9 Å². The number of H-pyrrole nitrogens is 1. The number of nitrogen functional groups attached to an aromatic ring is 2. The molecule has 0 bridgehead atoms. The number of anilines is 2. The Kier molecular flexibility index (Phi) is 7.46. The Labute approximate surface area is 194 Å². The van der Waals surface area contributed by atoms with E-state index in [0.29, 0.717) is 23.4 Å². The summed E-state index contributed by atoms with van der Waals surface area (Å²) in [6.45, 7) is 3.83. The number of carbonyl (C=O) groups is 3. The van der Waals surface area contributed by atoms with E-state index in [1.807, 2.05) is 0 Å². The average molecular weight is 466 g/mol. The number of amides is 1. The summed E-state index contributed by atoms with van der Waals surface area (Å²) in [4.78, 5) is 45.7. The molecule has 3 aromatic rings. The summed E-state index contributed by atoms with van der Waals surface area (Å²) in [6, 6.07) is 5.53. The molecule has 0 saturated carbocycles. The molecular formula is C23H26N6O5. The molecule has 1 aromatic carbocycles. The van der Waals surface area contributed by atoms with Crippen LogP contribution in [0.2, 0.25) is 0 Å². The second-order valence-corrected chi connectivity index (χ2v) is 7.76. The highest BCUT2D eigenvalue weighted by Gasteiger charge is 2.21. The topological polar surface area (TPSA) is 197 Å². The Hall–Kier alpha value is -4.41. The molecule has 2 aromatic heterocycles. The number of carboxylic acid groups (broad SMARTS) is 2. The van der Waals surface area contributed by atoms with Crippen LogP contribution in [-0.2, 0) is 22.4 Å². The molecule has 11 nitrogen and oxygen atoms in total. The number of aromatic amines is 1. The van der Waals surface area contributed by atoms with Crippen molar-refractivity contribution in [3.05, 3.63) is 53.2 Å². The number of hydrogen-bond donors (Lipinski definition) is 6. The highest BCUT2D eigenvalue weighted by Crippen LogP contribution is 2.28. The monoisotopic (exact) mass is 466 g/mol. The number of fused-ring (bicyclic) bond motifs is 1. The van der Waals surface area contributed by atoms with Gasteiger partial charge in [0, 0.05) is 17.7 Å². The Morgan fingerprint density at radius 1 is 1.12 bits per heavy atom. The first-order valence-corrected chi connectivity index (χ1v) is 10.6. The van der Waals surface area contributed by atoms with Crippen LogP contribution in [0.15, 0.2) is 30.8 Å². The van der Waals surface area contributed by atoms with Gasteiger partial charge >= 0.3 is 11.9 Å². The molecule has 1 atom stereocenters. The number of benzene rings is 1. The number of rotatable bonds is 11. The van der Waals surface area contributed by atoms with Crippen molar-refractivity contribution in [1.29, 1.82) is 0 Å². The molecule has 34 heavy (non-hydrogen) atoms. The zero-order chi connectivity index (χ0) is 24.8. The number of carboxylic acids is 2. The minimum atomic E-state index is -1.28. The Bertz CT molecular complexity index is 1230. The molecule has 2 heterocycles. The van der Waals surface area contributed by atoms with E-state index >= 15 is 0 Å². The van der Waals surface area contributed by atoms with Gasteiger partial charge in [-0.3, -0.25) is 9.59 Å². The fourth-order valence-corrected chi connectivity index (χ4v) is 3.71. The molecule has 0 aliphatic carbocycles. The maximum Gasteiger partial charge on any atom is 0.326 e. The third-order valence-corrected chi connectivity index (χ3v) is 5.40.